The summed E-state index contributed by atoms with van der Waals surface area (Å²) in [6.45, 7) is 1.57. The third-order valence-electron chi connectivity index (χ3n) is 7.22. The Hall–Kier alpha value is -3.52. The molecule has 1 aliphatic heterocycles. The number of likely N-dealkylation sites (tertiary alicyclic amines) is 1. The highest BCUT2D eigenvalue weighted by molar-refractivity contribution is 6.32. The van der Waals surface area contributed by atoms with E-state index in [1.54, 1.807) is 13.0 Å². The smallest absolute Gasteiger partial charge is 0.423 e. The first-order chi connectivity index (χ1) is 16.1. The summed E-state index contributed by atoms with van der Waals surface area (Å²) in [6.07, 6.45) is 2.36. The number of rotatable bonds is 1. The van der Waals surface area contributed by atoms with Gasteiger partial charge in [0.15, 0.2) is 11.6 Å². The molecule has 0 radical (unpaired) electrons. The summed E-state index contributed by atoms with van der Waals surface area (Å²) in [5.41, 5.74) is 2.11. The topological polar surface area (TPSA) is 118 Å². The van der Waals surface area contributed by atoms with E-state index in [9.17, 15) is 29.1 Å². The van der Waals surface area contributed by atoms with Crippen molar-refractivity contribution in [3.05, 3.63) is 63.2 Å². The fourth-order valence-electron chi connectivity index (χ4n) is 5.74. The number of carbonyl (C=O) groups excluding carboxylic acids is 5. The molecule has 3 aliphatic carbocycles. The van der Waals surface area contributed by atoms with Crippen LogP contribution in [0.4, 0.5) is 4.79 Å². The first-order valence-corrected chi connectivity index (χ1v) is 11.2. The second kappa shape index (κ2) is 7.77. The van der Waals surface area contributed by atoms with E-state index in [-0.39, 0.29) is 40.8 Å². The molecule has 0 aromatic heterocycles. The third-order valence-corrected chi connectivity index (χ3v) is 7.54. The highest BCUT2D eigenvalue weighted by Crippen LogP contribution is 2.56. The maximum atomic E-state index is 13.3. The molecule has 1 heterocycles. The van der Waals surface area contributed by atoms with E-state index in [2.05, 4.69) is 4.74 Å². The van der Waals surface area contributed by atoms with E-state index in [0.29, 0.717) is 27.2 Å². The van der Waals surface area contributed by atoms with Gasteiger partial charge in [-0.05, 0) is 49.5 Å². The van der Waals surface area contributed by atoms with Crippen LogP contribution in [0.5, 0.6) is 5.75 Å². The number of halogens is 1. The molecule has 174 valence electrons. The van der Waals surface area contributed by atoms with E-state index in [0.717, 1.165) is 7.11 Å². The molecule has 4 aliphatic rings. The van der Waals surface area contributed by atoms with Crippen molar-refractivity contribution >= 4 is 41.1 Å². The number of carbonyl (C=O) groups is 5. The Kier molecular flexibility index (Phi) is 5.09. The Labute approximate surface area is 199 Å². The van der Waals surface area contributed by atoms with Crippen molar-refractivity contribution in [2.75, 3.05) is 7.11 Å². The van der Waals surface area contributed by atoms with Gasteiger partial charge >= 0.3 is 6.09 Å². The van der Waals surface area contributed by atoms with Crippen LogP contribution in [-0.2, 0) is 23.9 Å². The van der Waals surface area contributed by atoms with Crippen molar-refractivity contribution in [2.24, 2.45) is 17.8 Å². The number of ketones is 2. The van der Waals surface area contributed by atoms with Crippen LogP contribution >= 0.6 is 11.6 Å². The van der Waals surface area contributed by atoms with Gasteiger partial charge in [0.05, 0.1) is 18.9 Å². The number of aromatic hydroxyl groups is 1. The number of ether oxygens (including phenoxy) is 1. The number of amides is 3. The van der Waals surface area contributed by atoms with Crippen LogP contribution < -0.4 is 0 Å². The Bertz CT molecular complexity index is 1300. The lowest BCUT2D eigenvalue weighted by atomic mass is 9.59. The molecule has 9 heteroatoms. The zero-order valence-electron chi connectivity index (χ0n) is 18.3. The number of phenolic OH excluding ortho intramolecular Hbond substituents is 1. The summed E-state index contributed by atoms with van der Waals surface area (Å²) in [4.78, 5) is 65.1. The van der Waals surface area contributed by atoms with Gasteiger partial charge in [0.2, 0.25) is 11.8 Å². The average molecular weight is 482 g/mol. The number of methoxy groups -OCH3 is 1. The van der Waals surface area contributed by atoms with Crippen LogP contribution in [0.15, 0.2) is 52.6 Å². The number of phenols is 1. The van der Waals surface area contributed by atoms with Gasteiger partial charge in [0.25, 0.3) is 0 Å². The van der Waals surface area contributed by atoms with Gasteiger partial charge in [-0.1, -0.05) is 29.3 Å². The number of benzene rings is 1. The summed E-state index contributed by atoms with van der Waals surface area (Å²) < 4.78 is 4.63. The molecular formula is C25H20ClNO7. The van der Waals surface area contributed by atoms with Crippen LogP contribution in [0, 0.1) is 17.8 Å². The van der Waals surface area contributed by atoms with Crippen molar-refractivity contribution in [3.63, 3.8) is 0 Å². The molecule has 1 fully saturated rings. The van der Waals surface area contributed by atoms with Gasteiger partial charge in [-0.15, -0.1) is 0 Å². The highest BCUT2D eigenvalue weighted by atomic mass is 35.5. The van der Waals surface area contributed by atoms with Crippen molar-refractivity contribution in [3.8, 4) is 5.75 Å². The summed E-state index contributed by atoms with van der Waals surface area (Å²) in [5.74, 6) is -4.89. The monoisotopic (exact) mass is 481 g/mol. The van der Waals surface area contributed by atoms with Crippen LogP contribution in [0.3, 0.4) is 0 Å². The first kappa shape index (κ1) is 22.3. The second-order valence-electron chi connectivity index (χ2n) is 8.92. The number of fused-ring (bicyclic) bond motifs is 3. The number of imide groups is 3. The van der Waals surface area contributed by atoms with Gasteiger partial charge < -0.3 is 9.84 Å². The third kappa shape index (κ3) is 3.01. The fourth-order valence-corrected chi connectivity index (χ4v) is 6.02. The van der Waals surface area contributed by atoms with Gasteiger partial charge in [0, 0.05) is 27.7 Å². The summed E-state index contributed by atoms with van der Waals surface area (Å²) in [6, 6.07) is 4.39. The van der Waals surface area contributed by atoms with Crippen molar-refractivity contribution in [2.45, 2.75) is 25.7 Å². The van der Waals surface area contributed by atoms with Crippen LogP contribution in [0.2, 0.25) is 5.02 Å². The maximum absolute atomic E-state index is 13.3. The molecule has 8 nitrogen and oxygen atoms in total. The minimum atomic E-state index is -1.04. The molecule has 4 atom stereocenters. The maximum Gasteiger partial charge on any atom is 0.423 e. The molecule has 1 saturated heterocycles. The lowest BCUT2D eigenvalue weighted by Gasteiger charge is -2.42. The Balaban J connectivity index is 1.69. The van der Waals surface area contributed by atoms with Gasteiger partial charge in [-0.2, -0.15) is 4.90 Å². The lowest BCUT2D eigenvalue weighted by molar-refractivity contribution is -0.137. The quantitative estimate of drug-likeness (QED) is 0.371. The number of nitrogens with zero attached hydrogens (tertiary/aromatic N) is 1. The zero-order chi connectivity index (χ0) is 24.5. The minimum absolute atomic E-state index is 0.0552. The molecule has 1 N–H and O–H groups in total. The molecule has 1 aromatic rings. The lowest BCUT2D eigenvalue weighted by Crippen LogP contribution is -2.40. The summed E-state index contributed by atoms with van der Waals surface area (Å²) >= 11 is 6.48. The summed E-state index contributed by atoms with van der Waals surface area (Å²) in [7, 11) is 1.09. The predicted molar refractivity (Wildman–Crippen MR) is 119 cm³/mol. The zero-order valence-corrected chi connectivity index (χ0v) is 19.1. The molecule has 4 unspecified atom stereocenters. The van der Waals surface area contributed by atoms with Crippen LogP contribution in [0.1, 0.15) is 31.2 Å². The molecule has 5 rings (SSSR count). The number of hydrogen-bond donors (Lipinski definition) is 1. The average Bonchev–Trinajstić information content (AvgIpc) is 3.06. The number of hydrogen-bond acceptors (Lipinski definition) is 7. The van der Waals surface area contributed by atoms with Crippen molar-refractivity contribution in [1.29, 1.82) is 0 Å². The van der Waals surface area contributed by atoms with E-state index in [1.165, 1.54) is 18.2 Å². The Morgan fingerprint density at radius 2 is 1.88 bits per heavy atom. The van der Waals surface area contributed by atoms with E-state index in [1.807, 2.05) is 6.08 Å². The van der Waals surface area contributed by atoms with Crippen molar-refractivity contribution in [1.82, 2.24) is 4.90 Å². The first-order valence-electron chi connectivity index (χ1n) is 10.8. The van der Waals surface area contributed by atoms with Crippen LogP contribution in [-0.4, -0.2) is 46.6 Å². The standard InChI is InChI=1S/C25H20ClNO7/c1-10-7-18(29)16-9-15-12(5-6-14-20(15)24(32)27(23(14)31)25(33)34-2)19(21(16)22(10)30)13-4-3-11(28)8-17(13)26/h3-5,7-8,14-15,19-20,28H,6,9H2,1-2H3. The van der Waals surface area contributed by atoms with Gasteiger partial charge in [-0.25, -0.2) is 4.79 Å². The molecule has 0 spiro atoms. The fraction of sp³-hybridized carbons (Fsp3) is 0.320. The van der Waals surface area contributed by atoms with Crippen LogP contribution in [0.25, 0.3) is 0 Å². The molecule has 0 saturated carbocycles. The normalized spacial score (nSPS) is 28.3. The largest absolute Gasteiger partial charge is 0.508 e. The van der Waals surface area contributed by atoms with Gasteiger partial charge in [0.1, 0.15) is 5.75 Å². The predicted octanol–water partition coefficient (Wildman–Crippen LogP) is 3.24. The van der Waals surface area contributed by atoms with Crippen molar-refractivity contribution < 1.29 is 33.8 Å². The number of allylic oxidation sites excluding steroid dienone is 6. The van der Waals surface area contributed by atoms with E-state index < -0.39 is 41.6 Å². The Morgan fingerprint density at radius 1 is 1.15 bits per heavy atom. The second-order valence-corrected chi connectivity index (χ2v) is 9.32. The highest BCUT2D eigenvalue weighted by Gasteiger charge is 2.58. The molecule has 0 bridgehead atoms. The molecule has 3 amide bonds. The van der Waals surface area contributed by atoms with E-state index in [4.69, 9.17) is 11.6 Å². The van der Waals surface area contributed by atoms with Gasteiger partial charge in [-0.3, -0.25) is 19.2 Å². The number of Topliss-reactive ketones (excluding diaryl/α,β-unsaturated/α-hetero) is 1. The summed E-state index contributed by atoms with van der Waals surface area (Å²) in [5, 5.41) is 10.1. The molecule has 1 aromatic carbocycles. The SMILES string of the molecule is COC(=O)N1C(=O)C2CC=C3C(c4ccc(O)cc4Cl)C4=C(CC3C2C1=O)C(=O)C=C(C)C4=O. The van der Waals surface area contributed by atoms with E-state index >= 15 is 0 Å². The molecule has 34 heavy (non-hydrogen) atoms. The Morgan fingerprint density at radius 3 is 2.56 bits per heavy atom. The molecular weight excluding hydrogens is 462 g/mol. The minimum Gasteiger partial charge on any atom is -0.508 e.